The second-order valence-electron chi connectivity index (χ2n) is 10.5. The third-order valence-electron chi connectivity index (χ3n) is 7.34. The summed E-state index contributed by atoms with van der Waals surface area (Å²) in [5.74, 6) is 0. The van der Waals surface area contributed by atoms with Gasteiger partial charge in [0.05, 0.1) is 0 Å². The van der Waals surface area contributed by atoms with Crippen LogP contribution in [0.2, 0.25) is 0 Å². The van der Waals surface area contributed by atoms with Crippen LogP contribution in [-0.4, -0.2) is 0 Å². The summed E-state index contributed by atoms with van der Waals surface area (Å²) in [6.45, 7) is 0. The van der Waals surface area contributed by atoms with E-state index in [1.807, 2.05) is 0 Å². The largest absolute Gasteiger partial charge is 1.00 e. The fourth-order valence-electron chi connectivity index (χ4n) is 5.24. The standard InChI is InChI=1S/2C18H15P.C5H10.ClH.Ru/c2*1-4-10-16(11-5-1)19(17-12-6-2-7-13-17)18-14-8-3-9-15-18;1-2-4-5-3-1;;/h2*1-15H;1-5H2;1H;/p-1. The average Bonchev–Trinajstić information content (AvgIpc) is 3.69. The summed E-state index contributed by atoms with van der Waals surface area (Å²) in [5, 5.41) is 8.39. The van der Waals surface area contributed by atoms with Gasteiger partial charge in [0.2, 0.25) is 0 Å². The van der Waals surface area contributed by atoms with Gasteiger partial charge in [-0.1, -0.05) is 214 Å². The summed E-state index contributed by atoms with van der Waals surface area (Å²) in [5.41, 5.74) is 0. The second kappa shape index (κ2) is 21.0. The number of hydrogen-bond acceptors (Lipinski definition) is 0. The van der Waals surface area contributed by atoms with Gasteiger partial charge in [-0.2, -0.15) is 0 Å². The number of hydrogen-bond donors (Lipinski definition) is 0. The molecule has 1 saturated carbocycles. The normalized spacial score (nSPS) is 11.6. The van der Waals surface area contributed by atoms with Gasteiger partial charge in [0.25, 0.3) is 0 Å². The number of rotatable bonds is 6. The Balaban J connectivity index is 0.000000204. The van der Waals surface area contributed by atoms with Gasteiger partial charge in [-0.25, -0.2) is 0 Å². The molecule has 6 aromatic rings. The van der Waals surface area contributed by atoms with Crippen LogP contribution in [0.25, 0.3) is 0 Å². The van der Waals surface area contributed by atoms with Crippen LogP contribution >= 0.6 is 15.8 Å². The predicted molar refractivity (Wildman–Crippen MR) is 193 cm³/mol. The van der Waals surface area contributed by atoms with E-state index in [1.165, 1.54) is 63.9 Å². The van der Waals surface area contributed by atoms with Crippen LogP contribution in [-0.2, 0) is 19.5 Å². The van der Waals surface area contributed by atoms with Gasteiger partial charge in [-0.3, -0.25) is 0 Å². The number of benzene rings is 6. The molecular formula is C41H40ClP2Ru-. The van der Waals surface area contributed by atoms with Crippen LogP contribution in [0, 0.1) is 0 Å². The van der Waals surface area contributed by atoms with E-state index in [0.29, 0.717) is 0 Å². The van der Waals surface area contributed by atoms with Crippen molar-refractivity contribution in [2.75, 3.05) is 0 Å². The Bertz CT molecular complexity index is 1250. The monoisotopic (exact) mass is 731 g/mol. The molecule has 1 aliphatic rings. The van der Waals surface area contributed by atoms with Crippen LogP contribution < -0.4 is 44.2 Å². The zero-order chi connectivity index (χ0) is 29.4. The van der Waals surface area contributed by atoms with Crippen LogP contribution in [0.5, 0.6) is 0 Å². The Morgan fingerprint density at radius 2 is 0.378 bits per heavy atom. The Morgan fingerprint density at radius 1 is 0.244 bits per heavy atom. The minimum Gasteiger partial charge on any atom is -1.00 e. The van der Waals surface area contributed by atoms with Gasteiger partial charge < -0.3 is 12.4 Å². The molecule has 1 aliphatic carbocycles. The molecule has 0 N–H and O–H groups in total. The summed E-state index contributed by atoms with van der Waals surface area (Å²) in [6, 6.07) is 64.7. The van der Waals surface area contributed by atoms with Gasteiger partial charge >= 0.3 is 0 Å². The van der Waals surface area contributed by atoms with Crippen molar-refractivity contribution in [3.8, 4) is 0 Å². The summed E-state index contributed by atoms with van der Waals surface area (Å²) in [7, 11) is -0.892. The summed E-state index contributed by atoms with van der Waals surface area (Å²) in [4.78, 5) is 0. The molecule has 0 atom stereocenters. The molecule has 0 amide bonds. The van der Waals surface area contributed by atoms with E-state index in [1.54, 1.807) is 0 Å². The van der Waals surface area contributed by atoms with E-state index in [4.69, 9.17) is 0 Å². The van der Waals surface area contributed by atoms with Gasteiger partial charge in [-0.15, -0.1) is 0 Å². The molecule has 0 aromatic heterocycles. The molecule has 7 rings (SSSR count). The van der Waals surface area contributed by atoms with Crippen molar-refractivity contribution in [2.24, 2.45) is 0 Å². The number of halogens is 1. The van der Waals surface area contributed by atoms with Crippen molar-refractivity contribution in [3.05, 3.63) is 182 Å². The maximum Gasteiger partial charge on any atom is 0 e. The van der Waals surface area contributed by atoms with Gasteiger partial charge in [0.15, 0.2) is 0 Å². The van der Waals surface area contributed by atoms with E-state index < -0.39 is 15.8 Å². The van der Waals surface area contributed by atoms with Crippen LogP contribution in [0.1, 0.15) is 32.1 Å². The first-order valence-electron chi connectivity index (χ1n) is 15.3. The van der Waals surface area contributed by atoms with Crippen molar-refractivity contribution in [1.82, 2.24) is 0 Å². The quantitative estimate of drug-likeness (QED) is 0.149. The molecule has 230 valence electrons. The zero-order valence-corrected chi connectivity index (χ0v) is 29.8. The van der Waals surface area contributed by atoms with Crippen molar-refractivity contribution in [3.63, 3.8) is 0 Å². The summed E-state index contributed by atoms with van der Waals surface area (Å²) in [6.07, 6.45) is 7.50. The molecule has 0 spiro atoms. The molecule has 0 nitrogen and oxygen atoms in total. The Morgan fingerprint density at radius 3 is 0.511 bits per heavy atom. The molecule has 0 saturated heterocycles. The van der Waals surface area contributed by atoms with Crippen LogP contribution in [0.15, 0.2) is 182 Å². The Kier molecular flexibility index (Phi) is 17.1. The van der Waals surface area contributed by atoms with Crippen molar-refractivity contribution in [2.45, 2.75) is 32.1 Å². The molecule has 0 aliphatic heterocycles. The first kappa shape index (κ1) is 36.6. The Labute approximate surface area is 292 Å². The van der Waals surface area contributed by atoms with Crippen molar-refractivity contribution in [1.29, 1.82) is 0 Å². The molecule has 4 heteroatoms. The SMILES string of the molecule is C1CCCC1.[Cl-].[Ru].c1ccc(P(c2ccccc2)c2ccccc2)cc1.c1ccc(P(c2ccccc2)c2ccccc2)cc1. The molecule has 1 fully saturated rings. The average molecular weight is 731 g/mol. The first-order valence-corrected chi connectivity index (χ1v) is 18.0. The topological polar surface area (TPSA) is 0 Å². The predicted octanol–water partition coefficient (Wildman–Crippen LogP) is 5.84. The van der Waals surface area contributed by atoms with E-state index in [-0.39, 0.29) is 31.9 Å². The third-order valence-corrected chi connectivity index (χ3v) is 12.2. The second-order valence-corrected chi connectivity index (χ2v) is 14.9. The van der Waals surface area contributed by atoms with Crippen molar-refractivity contribution >= 4 is 47.7 Å². The van der Waals surface area contributed by atoms with E-state index in [9.17, 15) is 0 Å². The zero-order valence-electron chi connectivity index (χ0n) is 25.5. The molecule has 0 bridgehead atoms. The van der Waals surface area contributed by atoms with Crippen LogP contribution in [0.3, 0.4) is 0 Å². The fourth-order valence-corrected chi connectivity index (χ4v) is 9.85. The minimum atomic E-state index is -0.446. The van der Waals surface area contributed by atoms with Gasteiger partial charge in [-0.05, 0) is 47.7 Å². The minimum absolute atomic E-state index is 0. The summed E-state index contributed by atoms with van der Waals surface area (Å²) >= 11 is 0. The maximum absolute atomic E-state index is 2.23. The molecule has 0 radical (unpaired) electrons. The van der Waals surface area contributed by atoms with Crippen LogP contribution in [0.4, 0.5) is 0 Å². The fraction of sp³-hybridized carbons (Fsp3) is 0.122. The molecule has 45 heavy (non-hydrogen) atoms. The molecule has 0 unspecified atom stereocenters. The van der Waals surface area contributed by atoms with Crippen molar-refractivity contribution < 1.29 is 31.9 Å². The van der Waals surface area contributed by atoms with E-state index >= 15 is 0 Å². The Hall–Kier alpha value is -2.91. The smallest absolute Gasteiger partial charge is 0 e. The summed E-state index contributed by atoms with van der Waals surface area (Å²) < 4.78 is 0. The van der Waals surface area contributed by atoms with Gasteiger partial charge in [0, 0.05) is 19.5 Å². The van der Waals surface area contributed by atoms with E-state index in [0.717, 1.165) is 0 Å². The molecule has 0 heterocycles. The molecule has 6 aromatic carbocycles. The maximum atomic E-state index is 2.23. The third kappa shape index (κ3) is 11.4. The van der Waals surface area contributed by atoms with E-state index in [2.05, 4.69) is 182 Å². The molecular weight excluding hydrogens is 691 g/mol. The first-order chi connectivity index (χ1) is 21.4. The van der Waals surface area contributed by atoms with Gasteiger partial charge in [0.1, 0.15) is 0 Å².